The van der Waals surface area contributed by atoms with Gasteiger partial charge in [0.15, 0.2) is 0 Å². The van der Waals surface area contributed by atoms with Gasteiger partial charge in [-0.1, -0.05) is 11.6 Å². The molecule has 2 N–H and O–H groups in total. The van der Waals surface area contributed by atoms with Crippen LogP contribution in [-0.2, 0) is 6.54 Å². The zero-order valence-corrected chi connectivity index (χ0v) is 11.0. The first-order valence-corrected chi connectivity index (χ1v) is 6.19. The zero-order chi connectivity index (χ0) is 12.4. The summed E-state index contributed by atoms with van der Waals surface area (Å²) in [5, 5.41) is 0. The third-order valence-corrected chi connectivity index (χ3v) is 3.39. The molecule has 0 aliphatic carbocycles. The molecule has 2 heterocycles. The molecule has 0 amide bonds. The maximum atomic E-state index is 5.85. The highest BCUT2D eigenvalue weighted by Gasteiger charge is 2.16. The first kappa shape index (κ1) is 12.1. The van der Waals surface area contributed by atoms with Crippen molar-refractivity contribution in [3.05, 3.63) is 34.5 Å². The number of rotatable bonds is 2. The quantitative estimate of drug-likeness (QED) is 0.794. The molecule has 1 aromatic heterocycles. The molecule has 0 atom stereocenters. The number of anilines is 1. The molecule has 17 heavy (non-hydrogen) atoms. The van der Waals surface area contributed by atoms with Gasteiger partial charge in [-0.15, -0.1) is 0 Å². The molecule has 2 rings (SSSR count). The molecule has 1 aliphatic rings. The average Bonchev–Trinajstić information content (AvgIpc) is 2.29. The largest absolute Gasteiger partial charge is 0.352 e. The summed E-state index contributed by atoms with van der Waals surface area (Å²) >= 11 is 0. The second-order valence-corrected chi connectivity index (χ2v) is 4.83. The number of hydrogen-bond donors (Lipinski definition) is 1. The summed E-state index contributed by atoms with van der Waals surface area (Å²) in [4.78, 5) is 7.00. The van der Waals surface area contributed by atoms with E-state index >= 15 is 0 Å². The predicted octanol–water partition coefficient (Wildman–Crippen LogP) is 2.31. The molecule has 0 saturated carbocycles. The van der Waals surface area contributed by atoms with E-state index in [9.17, 15) is 0 Å². The molecule has 0 saturated heterocycles. The van der Waals surface area contributed by atoms with Crippen LogP contribution in [0.3, 0.4) is 0 Å². The van der Waals surface area contributed by atoms with Crippen LogP contribution >= 0.6 is 0 Å². The van der Waals surface area contributed by atoms with E-state index in [2.05, 4.69) is 35.9 Å². The van der Waals surface area contributed by atoms with E-state index in [1.807, 2.05) is 6.92 Å². The smallest absolute Gasteiger partial charge is 0.133 e. The van der Waals surface area contributed by atoms with Crippen LogP contribution in [0.5, 0.6) is 0 Å². The van der Waals surface area contributed by atoms with Crippen LogP contribution in [0.25, 0.3) is 0 Å². The van der Waals surface area contributed by atoms with E-state index in [1.54, 1.807) is 0 Å². The lowest BCUT2D eigenvalue weighted by Gasteiger charge is -2.29. The molecule has 92 valence electrons. The van der Waals surface area contributed by atoms with Crippen molar-refractivity contribution in [3.8, 4) is 0 Å². The Morgan fingerprint density at radius 3 is 2.71 bits per heavy atom. The van der Waals surface area contributed by atoms with Gasteiger partial charge in [0.25, 0.3) is 0 Å². The van der Waals surface area contributed by atoms with E-state index in [0.29, 0.717) is 6.54 Å². The number of nitrogens with two attached hydrogens (primary N) is 1. The number of nitrogens with zero attached hydrogens (tertiary/aromatic N) is 2. The summed E-state index contributed by atoms with van der Waals surface area (Å²) < 4.78 is 0. The summed E-state index contributed by atoms with van der Waals surface area (Å²) in [6.45, 7) is 8.91. The summed E-state index contributed by atoms with van der Waals surface area (Å²) in [5.74, 6) is 1.08. The van der Waals surface area contributed by atoms with Gasteiger partial charge in [0.1, 0.15) is 5.82 Å². The van der Waals surface area contributed by atoms with Gasteiger partial charge in [0, 0.05) is 30.9 Å². The predicted molar refractivity (Wildman–Crippen MR) is 72.2 cm³/mol. The fourth-order valence-corrected chi connectivity index (χ4v) is 2.32. The third-order valence-electron chi connectivity index (χ3n) is 3.39. The minimum atomic E-state index is 0.563. The topological polar surface area (TPSA) is 42.2 Å². The lowest BCUT2D eigenvalue weighted by molar-refractivity contribution is 0.764. The molecule has 3 heteroatoms. The van der Waals surface area contributed by atoms with Crippen molar-refractivity contribution < 1.29 is 0 Å². The first-order chi connectivity index (χ1) is 8.11. The van der Waals surface area contributed by atoms with Gasteiger partial charge in [-0.3, -0.25) is 0 Å². The van der Waals surface area contributed by atoms with Crippen molar-refractivity contribution in [2.24, 2.45) is 5.73 Å². The fourth-order valence-electron chi connectivity index (χ4n) is 2.32. The van der Waals surface area contributed by atoms with Gasteiger partial charge in [-0.05, 0) is 38.8 Å². The Balaban J connectivity index is 2.37. The summed E-state index contributed by atoms with van der Waals surface area (Å²) in [7, 11) is 0. The number of hydrogen-bond acceptors (Lipinski definition) is 3. The Kier molecular flexibility index (Phi) is 3.48. The van der Waals surface area contributed by atoms with Crippen LogP contribution in [0, 0.1) is 13.8 Å². The van der Waals surface area contributed by atoms with Gasteiger partial charge in [0.05, 0.1) is 0 Å². The van der Waals surface area contributed by atoms with Crippen molar-refractivity contribution in [1.29, 1.82) is 0 Å². The van der Waals surface area contributed by atoms with Gasteiger partial charge >= 0.3 is 0 Å². The van der Waals surface area contributed by atoms with Crippen LogP contribution in [0.2, 0.25) is 0 Å². The first-order valence-electron chi connectivity index (χ1n) is 6.19. The van der Waals surface area contributed by atoms with Crippen molar-refractivity contribution in [2.75, 3.05) is 18.0 Å². The standard InChI is InChI=1S/C14H21N3/c1-10-4-6-17(7-5-10)14-13(9-15)11(2)8-12(3)16-14/h4,8H,5-7,9,15H2,1-3H3. The fraction of sp³-hybridized carbons (Fsp3) is 0.500. The van der Waals surface area contributed by atoms with E-state index in [4.69, 9.17) is 5.73 Å². The van der Waals surface area contributed by atoms with E-state index in [1.165, 1.54) is 16.7 Å². The van der Waals surface area contributed by atoms with Crippen molar-refractivity contribution in [3.63, 3.8) is 0 Å². The molecule has 0 radical (unpaired) electrons. The summed E-state index contributed by atoms with van der Waals surface area (Å²) in [6.07, 6.45) is 3.40. The molecule has 1 aromatic rings. The zero-order valence-electron chi connectivity index (χ0n) is 11.0. The van der Waals surface area contributed by atoms with Crippen LogP contribution in [0.4, 0.5) is 5.82 Å². The lowest BCUT2D eigenvalue weighted by atomic mass is 10.1. The minimum Gasteiger partial charge on any atom is -0.352 e. The highest BCUT2D eigenvalue weighted by atomic mass is 15.2. The van der Waals surface area contributed by atoms with Crippen LogP contribution in [0.15, 0.2) is 17.7 Å². The molecule has 1 aliphatic heterocycles. The van der Waals surface area contributed by atoms with Gasteiger partial charge in [-0.2, -0.15) is 0 Å². The molecule has 3 nitrogen and oxygen atoms in total. The van der Waals surface area contributed by atoms with Gasteiger partial charge in [0.2, 0.25) is 0 Å². The Morgan fingerprint density at radius 2 is 2.12 bits per heavy atom. The molecule has 0 bridgehead atoms. The van der Waals surface area contributed by atoms with E-state index in [-0.39, 0.29) is 0 Å². The van der Waals surface area contributed by atoms with Crippen LogP contribution in [-0.4, -0.2) is 18.1 Å². The third kappa shape index (κ3) is 2.50. The number of pyridine rings is 1. The van der Waals surface area contributed by atoms with Crippen molar-refractivity contribution in [1.82, 2.24) is 4.98 Å². The summed E-state index contributed by atoms with van der Waals surface area (Å²) in [5.41, 5.74) is 10.8. The average molecular weight is 231 g/mol. The lowest BCUT2D eigenvalue weighted by Crippen LogP contribution is -2.30. The van der Waals surface area contributed by atoms with Gasteiger partial charge in [-0.25, -0.2) is 4.98 Å². The van der Waals surface area contributed by atoms with Crippen molar-refractivity contribution in [2.45, 2.75) is 33.7 Å². The van der Waals surface area contributed by atoms with Crippen molar-refractivity contribution >= 4 is 5.82 Å². The second-order valence-electron chi connectivity index (χ2n) is 4.83. The Hall–Kier alpha value is -1.35. The normalized spacial score (nSPS) is 16.0. The maximum absolute atomic E-state index is 5.85. The molecule has 0 aromatic carbocycles. The molecule has 0 unspecified atom stereocenters. The minimum absolute atomic E-state index is 0.563. The Bertz CT molecular complexity index is 449. The Morgan fingerprint density at radius 1 is 1.35 bits per heavy atom. The van der Waals surface area contributed by atoms with Crippen LogP contribution in [0.1, 0.15) is 30.2 Å². The highest BCUT2D eigenvalue weighted by molar-refractivity contribution is 5.52. The second kappa shape index (κ2) is 4.88. The van der Waals surface area contributed by atoms with E-state index < -0.39 is 0 Å². The molecule has 0 spiro atoms. The van der Waals surface area contributed by atoms with Gasteiger partial charge < -0.3 is 10.6 Å². The Labute approximate surface area is 103 Å². The number of aromatic nitrogens is 1. The SMILES string of the molecule is CC1=CCN(c2nc(C)cc(C)c2CN)CC1. The highest BCUT2D eigenvalue weighted by Crippen LogP contribution is 2.24. The molecular formula is C14H21N3. The van der Waals surface area contributed by atoms with E-state index in [0.717, 1.165) is 31.0 Å². The van der Waals surface area contributed by atoms with Crippen LogP contribution < -0.4 is 10.6 Å². The monoisotopic (exact) mass is 231 g/mol. The molecular weight excluding hydrogens is 210 g/mol. The molecule has 0 fully saturated rings. The summed E-state index contributed by atoms with van der Waals surface area (Å²) in [6, 6.07) is 2.11. The number of aryl methyl sites for hydroxylation is 2. The maximum Gasteiger partial charge on any atom is 0.133 e.